The molecule has 2 rings (SSSR count). The van der Waals surface area contributed by atoms with Crippen molar-refractivity contribution in [2.75, 3.05) is 0 Å². The van der Waals surface area contributed by atoms with Gasteiger partial charge in [-0.2, -0.15) is 0 Å². The molecule has 1 aliphatic rings. The molecule has 0 fully saturated rings. The molecule has 0 spiro atoms. The highest BCUT2D eigenvalue weighted by atomic mass is 15.0. The number of nitrogens with zero attached hydrogens (tertiary/aromatic N) is 2. The van der Waals surface area contributed by atoms with Gasteiger partial charge >= 0.3 is 0 Å². The molecule has 0 N–H and O–H groups in total. The van der Waals surface area contributed by atoms with Gasteiger partial charge in [0.15, 0.2) is 0 Å². The summed E-state index contributed by atoms with van der Waals surface area (Å²) in [4.78, 5) is 4.06. The van der Waals surface area contributed by atoms with E-state index in [1.54, 1.807) is 0 Å². The Morgan fingerprint density at radius 1 is 1.46 bits per heavy atom. The molecular weight excluding hydrogens is 160 g/mol. The van der Waals surface area contributed by atoms with Crippen molar-refractivity contribution in [1.29, 1.82) is 0 Å². The lowest BCUT2D eigenvalue weighted by Gasteiger charge is -2.28. The van der Waals surface area contributed by atoms with E-state index in [2.05, 4.69) is 29.5 Å². The third-order valence-electron chi connectivity index (χ3n) is 2.78. The van der Waals surface area contributed by atoms with Crippen molar-refractivity contribution in [3.63, 3.8) is 0 Å². The lowest BCUT2D eigenvalue weighted by molar-refractivity contribution is 0.331. The molecule has 0 saturated heterocycles. The summed E-state index contributed by atoms with van der Waals surface area (Å²) in [6.45, 7) is 4.66. The number of aromatic nitrogens is 2. The van der Waals surface area contributed by atoms with Crippen molar-refractivity contribution >= 4 is 5.70 Å². The summed E-state index contributed by atoms with van der Waals surface area (Å²) in [7, 11) is 0. The van der Waals surface area contributed by atoms with Crippen LogP contribution in [0.15, 0.2) is 24.8 Å². The predicted molar refractivity (Wildman–Crippen MR) is 54.1 cm³/mol. The summed E-state index contributed by atoms with van der Waals surface area (Å²) >= 11 is 0. The zero-order valence-corrected chi connectivity index (χ0v) is 8.33. The fourth-order valence-corrected chi connectivity index (χ4v) is 1.73. The number of hydrogen-bond donors (Lipinski definition) is 0. The molecule has 0 aliphatic heterocycles. The van der Waals surface area contributed by atoms with Crippen LogP contribution in [0.2, 0.25) is 0 Å². The Hall–Kier alpha value is -1.05. The van der Waals surface area contributed by atoms with E-state index in [1.165, 1.54) is 25.0 Å². The normalized spacial score (nSPS) is 21.2. The summed E-state index contributed by atoms with van der Waals surface area (Å²) in [5, 5.41) is 0. The van der Waals surface area contributed by atoms with Gasteiger partial charge in [-0.25, -0.2) is 4.98 Å². The van der Waals surface area contributed by atoms with E-state index in [1.807, 2.05) is 18.7 Å². The van der Waals surface area contributed by atoms with E-state index in [9.17, 15) is 0 Å². The molecule has 13 heavy (non-hydrogen) atoms. The second-order valence-electron chi connectivity index (χ2n) is 4.53. The van der Waals surface area contributed by atoms with Crippen molar-refractivity contribution in [2.45, 2.75) is 33.1 Å². The molecule has 0 atom stereocenters. The van der Waals surface area contributed by atoms with Gasteiger partial charge in [0.1, 0.15) is 0 Å². The zero-order chi connectivity index (χ0) is 9.31. The molecule has 2 heteroatoms. The van der Waals surface area contributed by atoms with Gasteiger partial charge in [-0.3, -0.25) is 0 Å². The number of rotatable bonds is 1. The van der Waals surface area contributed by atoms with Gasteiger partial charge in [0.05, 0.1) is 6.33 Å². The SMILES string of the molecule is CC1(C)CC=C(n2ccnc2)CC1. The Morgan fingerprint density at radius 2 is 2.31 bits per heavy atom. The van der Waals surface area contributed by atoms with Gasteiger partial charge in [-0.15, -0.1) is 0 Å². The monoisotopic (exact) mass is 176 g/mol. The standard InChI is InChI=1S/C11H16N2/c1-11(2)5-3-10(4-6-11)13-8-7-12-9-13/h3,7-9H,4-6H2,1-2H3. The lowest BCUT2D eigenvalue weighted by Crippen LogP contribution is -2.15. The first kappa shape index (κ1) is 8.54. The Labute approximate surface area is 79.3 Å². The van der Waals surface area contributed by atoms with Crippen LogP contribution < -0.4 is 0 Å². The van der Waals surface area contributed by atoms with E-state index in [0.717, 1.165) is 0 Å². The maximum Gasteiger partial charge on any atom is 0.0989 e. The minimum atomic E-state index is 0.490. The Bertz CT molecular complexity index is 307. The van der Waals surface area contributed by atoms with Crippen LogP contribution in [0.5, 0.6) is 0 Å². The molecule has 1 aromatic rings. The highest BCUT2D eigenvalue weighted by molar-refractivity contribution is 5.46. The number of allylic oxidation sites excluding steroid dienone is 2. The topological polar surface area (TPSA) is 17.8 Å². The maximum absolute atomic E-state index is 4.06. The number of hydrogen-bond acceptors (Lipinski definition) is 1. The summed E-state index contributed by atoms with van der Waals surface area (Å²) in [5.74, 6) is 0. The van der Waals surface area contributed by atoms with E-state index in [4.69, 9.17) is 0 Å². The second-order valence-corrected chi connectivity index (χ2v) is 4.53. The molecular formula is C11H16N2. The summed E-state index contributed by atoms with van der Waals surface area (Å²) < 4.78 is 2.12. The largest absolute Gasteiger partial charge is 0.310 e. The van der Waals surface area contributed by atoms with E-state index in [-0.39, 0.29) is 0 Å². The average Bonchev–Trinajstić information content (AvgIpc) is 2.56. The molecule has 1 aromatic heterocycles. The minimum absolute atomic E-state index is 0.490. The molecule has 2 nitrogen and oxygen atoms in total. The molecule has 0 aromatic carbocycles. The van der Waals surface area contributed by atoms with Gasteiger partial charge in [-0.05, 0) is 24.7 Å². The summed E-state index contributed by atoms with van der Waals surface area (Å²) in [6, 6.07) is 0. The van der Waals surface area contributed by atoms with Crippen LogP contribution in [0.4, 0.5) is 0 Å². The van der Waals surface area contributed by atoms with Crippen molar-refractivity contribution in [3.05, 3.63) is 24.8 Å². The van der Waals surface area contributed by atoms with Crippen molar-refractivity contribution in [1.82, 2.24) is 9.55 Å². The summed E-state index contributed by atoms with van der Waals surface area (Å²) in [5.41, 5.74) is 1.89. The fraction of sp³-hybridized carbons (Fsp3) is 0.545. The van der Waals surface area contributed by atoms with Crippen LogP contribution in [-0.2, 0) is 0 Å². The van der Waals surface area contributed by atoms with Crippen LogP contribution in [0.25, 0.3) is 5.70 Å². The molecule has 0 amide bonds. The maximum atomic E-state index is 4.06. The van der Waals surface area contributed by atoms with Crippen LogP contribution >= 0.6 is 0 Å². The van der Waals surface area contributed by atoms with Crippen LogP contribution in [0.3, 0.4) is 0 Å². The van der Waals surface area contributed by atoms with Gasteiger partial charge in [0, 0.05) is 18.1 Å². The minimum Gasteiger partial charge on any atom is -0.310 e. The molecule has 0 radical (unpaired) electrons. The highest BCUT2D eigenvalue weighted by Crippen LogP contribution is 2.35. The lowest BCUT2D eigenvalue weighted by atomic mass is 9.80. The van der Waals surface area contributed by atoms with Crippen LogP contribution in [-0.4, -0.2) is 9.55 Å². The van der Waals surface area contributed by atoms with E-state index in [0.29, 0.717) is 5.41 Å². The fourth-order valence-electron chi connectivity index (χ4n) is 1.73. The average molecular weight is 176 g/mol. The second kappa shape index (κ2) is 3.02. The van der Waals surface area contributed by atoms with Gasteiger partial charge in [0.25, 0.3) is 0 Å². The Balaban J connectivity index is 2.16. The highest BCUT2D eigenvalue weighted by Gasteiger charge is 2.21. The third kappa shape index (κ3) is 1.82. The van der Waals surface area contributed by atoms with E-state index < -0.39 is 0 Å². The first-order chi connectivity index (χ1) is 6.17. The smallest absolute Gasteiger partial charge is 0.0989 e. The number of imidazole rings is 1. The van der Waals surface area contributed by atoms with Crippen LogP contribution in [0, 0.1) is 5.41 Å². The first-order valence-corrected chi connectivity index (χ1v) is 4.85. The first-order valence-electron chi connectivity index (χ1n) is 4.85. The van der Waals surface area contributed by atoms with Crippen LogP contribution in [0.1, 0.15) is 33.1 Å². The molecule has 0 saturated carbocycles. The summed E-state index contributed by atoms with van der Waals surface area (Å²) in [6.07, 6.45) is 11.7. The molecule has 0 unspecified atom stereocenters. The zero-order valence-electron chi connectivity index (χ0n) is 8.33. The molecule has 0 bridgehead atoms. The predicted octanol–water partition coefficient (Wildman–Crippen LogP) is 2.93. The molecule has 70 valence electrons. The molecule has 1 heterocycles. The Kier molecular flexibility index (Phi) is 1.98. The third-order valence-corrected chi connectivity index (χ3v) is 2.78. The van der Waals surface area contributed by atoms with Gasteiger partial charge in [-0.1, -0.05) is 19.9 Å². The van der Waals surface area contributed by atoms with Gasteiger partial charge in [0.2, 0.25) is 0 Å². The molecule has 1 aliphatic carbocycles. The quantitative estimate of drug-likeness (QED) is 0.643. The van der Waals surface area contributed by atoms with E-state index >= 15 is 0 Å². The van der Waals surface area contributed by atoms with Gasteiger partial charge < -0.3 is 4.57 Å². The Morgan fingerprint density at radius 3 is 2.85 bits per heavy atom. The van der Waals surface area contributed by atoms with Crippen molar-refractivity contribution < 1.29 is 0 Å². The van der Waals surface area contributed by atoms with Crippen molar-refractivity contribution in [2.24, 2.45) is 5.41 Å². The van der Waals surface area contributed by atoms with Crippen molar-refractivity contribution in [3.8, 4) is 0 Å².